The molecule has 3 aromatic carbocycles. The lowest BCUT2D eigenvalue weighted by molar-refractivity contribution is 0.0996. The number of anilines is 1. The molecule has 0 aliphatic carbocycles. The highest BCUT2D eigenvalue weighted by Gasteiger charge is 2.29. The highest BCUT2D eigenvalue weighted by atomic mass is 35.5. The summed E-state index contributed by atoms with van der Waals surface area (Å²) in [4.78, 5) is 24.5. The molecule has 1 unspecified atom stereocenters. The van der Waals surface area contributed by atoms with Crippen molar-refractivity contribution in [1.82, 2.24) is 0 Å². The predicted octanol–water partition coefficient (Wildman–Crippen LogP) is 4.74. The van der Waals surface area contributed by atoms with E-state index >= 15 is 0 Å². The van der Waals surface area contributed by atoms with Crippen LogP contribution in [-0.2, 0) is 0 Å². The van der Waals surface area contributed by atoms with Crippen molar-refractivity contribution in [2.45, 2.75) is 12.3 Å². The number of rotatable bonds is 4. The van der Waals surface area contributed by atoms with E-state index in [0.717, 1.165) is 5.56 Å². The number of carbonyl (C=O) groups is 2. The number of fused-ring (bicyclic) bond motifs is 1. The number of carbonyl (C=O) groups excluding carboxylic acids is 2. The zero-order chi connectivity index (χ0) is 21.3. The van der Waals surface area contributed by atoms with Crippen molar-refractivity contribution in [3.63, 3.8) is 0 Å². The summed E-state index contributed by atoms with van der Waals surface area (Å²) >= 11 is 6.52. The first kappa shape index (κ1) is 19.9. The Labute approximate surface area is 177 Å². The second-order valence-electron chi connectivity index (χ2n) is 6.97. The summed E-state index contributed by atoms with van der Waals surface area (Å²) < 4.78 is 19.2. The fourth-order valence-corrected chi connectivity index (χ4v) is 4.01. The average Bonchev–Trinajstić information content (AvgIpc) is 2.73. The van der Waals surface area contributed by atoms with Crippen molar-refractivity contribution < 1.29 is 18.7 Å². The van der Waals surface area contributed by atoms with Crippen LogP contribution in [-0.4, -0.2) is 18.4 Å². The van der Waals surface area contributed by atoms with E-state index in [1.807, 2.05) is 0 Å². The number of benzene rings is 3. The minimum atomic E-state index is -0.583. The SMILES string of the molecule is NC(=O)c1cccc(NC(=O)c2cccc(Cl)c2C2CCOc3cc(F)ccc32)c1. The van der Waals surface area contributed by atoms with Gasteiger partial charge in [-0.15, -0.1) is 0 Å². The molecule has 1 aliphatic heterocycles. The van der Waals surface area contributed by atoms with Gasteiger partial charge in [0.25, 0.3) is 5.91 Å². The molecule has 0 spiro atoms. The zero-order valence-corrected chi connectivity index (χ0v) is 16.6. The van der Waals surface area contributed by atoms with E-state index in [0.29, 0.717) is 46.2 Å². The molecule has 3 aromatic rings. The van der Waals surface area contributed by atoms with Gasteiger partial charge in [0.15, 0.2) is 0 Å². The summed E-state index contributed by atoms with van der Waals surface area (Å²) in [6.07, 6.45) is 0.597. The van der Waals surface area contributed by atoms with Crippen LogP contribution in [0.15, 0.2) is 60.7 Å². The summed E-state index contributed by atoms with van der Waals surface area (Å²) in [6, 6.07) is 15.9. The van der Waals surface area contributed by atoms with Crippen LogP contribution in [0, 0.1) is 5.82 Å². The van der Waals surface area contributed by atoms with Crippen LogP contribution in [0.1, 0.15) is 44.2 Å². The third-order valence-corrected chi connectivity index (χ3v) is 5.40. The third kappa shape index (κ3) is 3.86. The number of hydrogen-bond acceptors (Lipinski definition) is 3. The number of primary amides is 1. The lowest BCUT2D eigenvalue weighted by Crippen LogP contribution is -2.21. The van der Waals surface area contributed by atoms with E-state index in [-0.39, 0.29) is 17.6 Å². The van der Waals surface area contributed by atoms with Crippen LogP contribution >= 0.6 is 11.6 Å². The van der Waals surface area contributed by atoms with Crippen molar-refractivity contribution in [3.8, 4) is 5.75 Å². The Hall–Kier alpha value is -3.38. The second-order valence-corrected chi connectivity index (χ2v) is 7.38. The van der Waals surface area contributed by atoms with Crippen LogP contribution in [0.2, 0.25) is 5.02 Å². The summed E-state index contributed by atoms with van der Waals surface area (Å²) in [5.74, 6) is -1.11. The normalized spacial score (nSPS) is 15.1. The van der Waals surface area contributed by atoms with Gasteiger partial charge < -0.3 is 15.8 Å². The lowest BCUT2D eigenvalue weighted by atomic mass is 9.84. The van der Waals surface area contributed by atoms with E-state index < -0.39 is 5.91 Å². The first-order valence-electron chi connectivity index (χ1n) is 9.36. The van der Waals surface area contributed by atoms with Gasteiger partial charge in [-0.1, -0.05) is 29.8 Å². The molecule has 2 amide bonds. The molecular formula is C23H18ClFN2O3. The molecule has 30 heavy (non-hydrogen) atoms. The largest absolute Gasteiger partial charge is 0.493 e. The molecule has 7 heteroatoms. The van der Waals surface area contributed by atoms with Gasteiger partial charge in [-0.2, -0.15) is 0 Å². The molecule has 0 bridgehead atoms. The number of nitrogens with two attached hydrogens (primary N) is 1. The van der Waals surface area contributed by atoms with Crippen LogP contribution in [0.3, 0.4) is 0 Å². The molecule has 152 valence electrons. The highest BCUT2D eigenvalue weighted by molar-refractivity contribution is 6.32. The van der Waals surface area contributed by atoms with E-state index in [1.165, 1.54) is 18.2 Å². The number of halogens is 2. The van der Waals surface area contributed by atoms with Crippen molar-refractivity contribution in [2.24, 2.45) is 5.73 Å². The molecule has 4 rings (SSSR count). The smallest absolute Gasteiger partial charge is 0.256 e. The first-order chi connectivity index (χ1) is 14.4. The van der Waals surface area contributed by atoms with E-state index in [1.54, 1.807) is 42.5 Å². The standard InChI is InChI=1S/C23H18ClFN2O3/c24-19-6-2-5-18(23(29)27-15-4-1-3-13(11-15)22(26)28)21(19)17-9-10-30-20-12-14(25)7-8-16(17)20/h1-8,11-12,17H,9-10H2,(H2,26,28)(H,27,29). The summed E-state index contributed by atoms with van der Waals surface area (Å²) in [5.41, 5.74) is 7.87. The highest BCUT2D eigenvalue weighted by Crippen LogP contribution is 2.42. The van der Waals surface area contributed by atoms with E-state index in [2.05, 4.69) is 5.32 Å². The molecule has 0 aromatic heterocycles. The molecule has 5 nitrogen and oxygen atoms in total. The maximum absolute atomic E-state index is 13.6. The number of amides is 2. The maximum Gasteiger partial charge on any atom is 0.256 e. The average molecular weight is 425 g/mol. The van der Waals surface area contributed by atoms with Crippen LogP contribution in [0.5, 0.6) is 5.75 Å². The van der Waals surface area contributed by atoms with Crippen molar-refractivity contribution in [2.75, 3.05) is 11.9 Å². The Morgan fingerprint density at radius 3 is 2.70 bits per heavy atom. The van der Waals surface area contributed by atoms with Crippen LogP contribution in [0.4, 0.5) is 10.1 Å². The summed E-state index contributed by atoms with van der Waals surface area (Å²) in [5, 5.41) is 3.24. The number of ether oxygens (including phenoxy) is 1. The van der Waals surface area contributed by atoms with Crippen LogP contribution < -0.4 is 15.8 Å². The Kier molecular flexibility index (Phi) is 5.42. The number of nitrogens with one attached hydrogen (secondary N) is 1. The predicted molar refractivity (Wildman–Crippen MR) is 113 cm³/mol. The minimum absolute atomic E-state index is 0.222. The quantitative estimate of drug-likeness (QED) is 0.634. The Balaban J connectivity index is 1.72. The van der Waals surface area contributed by atoms with Gasteiger partial charge in [0, 0.05) is 39.4 Å². The van der Waals surface area contributed by atoms with Gasteiger partial charge in [0.1, 0.15) is 11.6 Å². The Bertz CT molecular complexity index is 1150. The molecule has 0 radical (unpaired) electrons. The molecule has 0 saturated heterocycles. The molecule has 1 heterocycles. The molecule has 1 atom stereocenters. The molecule has 3 N–H and O–H groups in total. The van der Waals surface area contributed by atoms with Gasteiger partial charge in [-0.3, -0.25) is 9.59 Å². The Morgan fingerprint density at radius 2 is 1.90 bits per heavy atom. The molecule has 0 fully saturated rings. The summed E-state index contributed by atoms with van der Waals surface area (Å²) in [6.45, 7) is 0.383. The monoisotopic (exact) mass is 424 g/mol. The molecule has 1 aliphatic rings. The van der Waals surface area contributed by atoms with Crippen LogP contribution in [0.25, 0.3) is 0 Å². The Morgan fingerprint density at radius 1 is 1.10 bits per heavy atom. The summed E-state index contributed by atoms with van der Waals surface area (Å²) in [7, 11) is 0. The number of hydrogen-bond donors (Lipinski definition) is 2. The fourth-order valence-electron chi connectivity index (χ4n) is 3.70. The first-order valence-corrected chi connectivity index (χ1v) is 9.73. The van der Waals surface area contributed by atoms with Crippen molar-refractivity contribution >= 4 is 29.1 Å². The van der Waals surface area contributed by atoms with Crippen molar-refractivity contribution in [1.29, 1.82) is 0 Å². The van der Waals surface area contributed by atoms with Gasteiger partial charge >= 0.3 is 0 Å². The maximum atomic E-state index is 13.6. The topological polar surface area (TPSA) is 81.4 Å². The minimum Gasteiger partial charge on any atom is -0.493 e. The van der Waals surface area contributed by atoms with E-state index in [4.69, 9.17) is 22.1 Å². The second kappa shape index (κ2) is 8.16. The van der Waals surface area contributed by atoms with Gasteiger partial charge in [0.05, 0.1) is 6.61 Å². The molecule has 0 saturated carbocycles. The molecular weight excluding hydrogens is 407 g/mol. The fraction of sp³-hybridized carbons (Fsp3) is 0.130. The third-order valence-electron chi connectivity index (χ3n) is 5.07. The van der Waals surface area contributed by atoms with Gasteiger partial charge in [0.2, 0.25) is 5.91 Å². The van der Waals surface area contributed by atoms with E-state index in [9.17, 15) is 14.0 Å². The lowest BCUT2D eigenvalue weighted by Gasteiger charge is -2.28. The van der Waals surface area contributed by atoms with Gasteiger partial charge in [-0.25, -0.2) is 4.39 Å². The zero-order valence-electron chi connectivity index (χ0n) is 15.8. The van der Waals surface area contributed by atoms with Crippen molar-refractivity contribution in [3.05, 3.63) is 93.8 Å². The van der Waals surface area contributed by atoms with Gasteiger partial charge in [-0.05, 0) is 48.4 Å².